The van der Waals surface area contributed by atoms with Crippen LogP contribution < -0.4 is 16.4 Å². The van der Waals surface area contributed by atoms with Gasteiger partial charge in [-0.05, 0) is 44.6 Å². The molecule has 2 heterocycles. The van der Waals surface area contributed by atoms with Crippen LogP contribution in [0.5, 0.6) is 0 Å². The molecule has 0 bridgehead atoms. The van der Waals surface area contributed by atoms with Crippen molar-refractivity contribution in [3.63, 3.8) is 0 Å². The Balaban J connectivity index is 1.69. The molecule has 2 aliphatic heterocycles. The molecule has 2 saturated heterocycles. The van der Waals surface area contributed by atoms with Gasteiger partial charge in [0.2, 0.25) is 5.91 Å². The Morgan fingerprint density at radius 1 is 1.24 bits per heavy atom. The van der Waals surface area contributed by atoms with Crippen molar-refractivity contribution in [3.8, 4) is 0 Å². The molecular formula is C15H28N4O2. The molecule has 0 aromatic heterocycles. The number of likely N-dealkylation sites (tertiary alicyclic amines) is 1. The second-order valence-electron chi connectivity index (χ2n) is 6.28. The molecule has 120 valence electrons. The van der Waals surface area contributed by atoms with Gasteiger partial charge in [-0.25, -0.2) is 4.79 Å². The van der Waals surface area contributed by atoms with Gasteiger partial charge in [0.25, 0.3) is 0 Å². The van der Waals surface area contributed by atoms with E-state index in [1.54, 1.807) is 0 Å². The molecule has 0 aromatic carbocycles. The highest BCUT2D eigenvalue weighted by Gasteiger charge is 2.24. The van der Waals surface area contributed by atoms with E-state index >= 15 is 0 Å². The Kier molecular flexibility index (Phi) is 6.29. The fourth-order valence-electron chi connectivity index (χ4n) is 3.33. The van der Waals surface area contributed by atoms with Crippen LogP contribution in [0.25, 0.3) is 0 Å². The molecule has 6 nitrogen and oxygen atoms in total. The standard InChI is InChI=1S/C15H28N4O2/c16-15(21)18-10-12-4-3-9-19(11-12)14(20)7-6-13-5-1-2-8-17-13/h12-13,17H,1-11H2,(H3,16,18,21). The molecule has 21 heavy (non-hydrogen) atoms. The lowest BCUT2D eigenvalue weighted by Gasteiger charge is -2.33. The Labute approximate surface area is 126 Å². The summed E-state index contributed by atoms with van der Waals surface area (Å²) in [6.07, 6.45) is 7.36. The van der Waals surface area contributed by atoms with Gasteiger partial charge in [0.1, 0.15) is 0 Å². The normalized spacial score (nSPS) is 26.4. The first-order valence-corrected chi connectivity index (χ1v) is 8.19. The van der Waals surface area contributed by atoms with Crippen LogP contribution in [0.3, 0.4) is 0 Å². The van der Waals surface area contributed by atoms with Gasteiger partial charge in [-0.2, -0.15) is 0 Å². The molecule has 2 unspecified atom stereocenters. The number of carbonyl (C=O) groups excluding carboxylic acids is 2. The highest BCUT2D eigenvalue weighted by Crippen LogP contribution is 2.18. The summed E-state index contributed by atoms with van der Waals surface area (Å²) in [5, 5.41) is 6.14. The second-order valence-corrected chi connectivity index (χ2v) is 6.28. The summed E-state index contributed by atoms with van der Waals surface area (Å²) in [6, 6.07) is 0.0293. The predicted octanol–water partition coefficient (Wildman–Crippen LogP) is 0.816. The van der Waals surface area contributed by atoms with E-state index in [1.807, 2.05) is 4.90 Å². The summed E-state index contributed by atoms with van der Waals surface area (Å²) in [7, 11) is 0. The molecule has 2 fully saturated rings. The minimum absolute atomic E-state index is 0.256. The van der Waals surface area contributed by atoms with Crippen LogP contribution in [0.15, 0.2) is 0 Å². The first-order valence-electron chi connectivity index (χ1n) is 8.19. The van der Waals surface area contributed by atoms with Crippen molar-refractivity contribution in [2.75, 3.05) is 26.2 Å². The Hall–Kier alpha value is -1.30. The minimum Gasteiger partial charge on any atom is -0.352 e. The molecule has 4 N–H and O–H groups in total. The van der Waals surface area contributed by atoms with E-state index in [0.717, 1.165) is 38.9 Å². The van der Waals surface area contributed by atoms with E-state index in [1.165, 1.54) is 19.3 Å². The lowest BCUT2D eigenvalue weighted by molar-refractivity contribution is -0.133. The van der Waals surface area contributed by atoms with E-state index in [2.05, 4.69) is 10.6 Å². The fraction of sp³-hybridized carbons (Fsp3) is 0.867. The lowest BCUT2D eigenvalue weighted by atomic mass is 9.96. The van der Waals surface area contributed by atoms with Gasteiger partial charge in [0.15, 0.2) is 0 Å². The number of hydrogen-bond donors (Lipinski definition) is 3. The van der Waals surface area contributed by atoms with Gasteiger partial charge in [-0.3, -0.25) is 4.79 Å². The molecule has 6 heteroatoms. The SMILES string of the molecule is NC(=O)NCC1CCCN(C(=O)CCC2CCCCN2)C1. The number of nitrogens with one attached hydrogen (secondary N) is 2. The van der Waals surface area contributed by atoms with Crippen LogP contribution in [0.1, 0.15) is 44.9 Å². The Morgan fingerprint density at radius 3 is 2.81 bits per heavy atom. The molecule has 0 radical (unpaired) electrons. The maximum absolute atomic E-state index is 12.3. The molecule has 3 amide bonds. The topological polar surface area (TPSA) is 87.5 Å². The highest BCUT2D eigenvalue weighted by atomic mass is 16.2. The number of urea groups is 1. The molecule has 2 rings (SSSR count). The maximum Gasteiger partial charge on any atom is 0.312 e. The van der Waals surface area contributed by atoms with E-state index in [9.17, 15) is 9.59 Å². The average molecular weight is 296 g/mol. The second kappa shape index (κ2) is 8.22. The van der Waals surface area contributed by atoms with Crippen LogP contribution in [0.2, 0.25) is 0 Å². The van der Waals surface area contributed by atoms with Crippen LogP contribution >= 0.6 is 0 Å². The molecule has 2 atom stereocenters. The van der Waals surface area contributed by atoms with Crippen LogP contribution in [0.4, 0.5) is 4.79 Å². The first-order chi connectivity index (χ1) is 10.1. The number of nitrogens with zero attached hydrogens (tertiary/aromatic N) is 1. The molecule has 0 spiro atoms. The fourth-order valence-corrected chi connectivity index (χ4v) is 3.33. The molecule has 0 aromatic rings. The van der Waals surface area contributed by atoms with Gasteiger partial charge in [0, 0.05) is 32.1 Å². The van der Waals surface area contributed by atoms with Crippen LogP contribution in [-0.4, -0.2) is 49.1 Å². The number of piperidine rings is 2. The molecule has 0 aliphatic carbocycles. The minimum atomic E-state index is -0.484. The largest absolute Gasteiger partial charge is 0.352 e. The number of rotatable bonds is 5. The lowest BCUT2D eigenvalue weighted by Crippen LogP contribution is -2.45. The predicted molar refractivity (Wildman–Crippen MR) is 81.8 cm³/mol. The van der Waals surface area contributed by atoms with Crippen molar-refractivity contribution < 1.29 is 9.59 Å². The van der Waals surface area contributed by atoms with Gasteiger partial charge in [-0.1, -0.05) is 6.42 Å². The first kappa shape index (κ1) is 16.1. The van der Waals surface area contributed by atoms with Crippen molar-refractivity contribution >= 4 is 11.9 Å². The third-order valence-corrected chi connectivity index (χ3v) is 4.56. The Morgan fingerprint density at radius 2 is 2.10 bits per heavy atom. The number of amides is 3. The van der Waals surface area contributed by atoms with Crippen LogP contribution in [0, 0.1) is 5.92 Å². The summed E-state index contributed by atoms with van der Waals surface area (Å²) >= 11 is 0. The van der Waals surface area contributed by atoms with Crippen molar-refractivity contribution in [2.45, 2.75) is 51.0 Å². The Bertz CT molecular complexity index is 356. The highest BCUT2D eigenvalue weighted by molar-refractivity contribution is 5.76. The van der Waals surface area contributed by atoms with Gasteiger partial charge < -0.3 is 21.3 Å². The number of nitrogens with two attached hydrogens (primary N) is 1. The van der Waals surface area contributed by atoms with Crippen LogP contribution in [-0.2, 0) is 4.79 Å². The number of hydrogen-bond acceptors (Lipinski definition) is 3. The summed E-state index contributed by atoms with van der Waals surface area (Å²) in [4.78, 5) is 25.0. The van der Waals surface area contributed by atoms with E-state index in [4.69, 9.17) is 5.73 Å². The van der Waals surface area contributed by atoms with Gasteiger partial charge in [0.05, 0.1) is 0 Å². The average Bonchev–Trinajstić information content (AvgIpc) is 2.52. The van der Waals surface area contributed by atoms with Crippen molar-refractivity contribution in [2.24, 2.45) is 11.7 Å². The summed E-state index contributed by atoms with van der Waals surface area (Å²) in [5.74, 6) is 0.592. The van der Waals surface area contributed by atoms with E-state index in [0.29, 0.717) is 24.9 Å². The molecule has 2 aliphatic rings. The smallest absolute Gasteiger partial charge is 0.312 e. The third-order valence-electron chi connectivity index (χ3n) is 4.56. The van der Waals surface area contributed by atoms with E-state index < -0.39 is 6.03 Å². The maximum atomic E-state index is 12.3. The zero-order valence-electron chi connectivity index (χ0n) is 12.8. The van der Waals surface area contributed by atoms with Gasteiger partial charge >= 0.3 is 6.03 Å². The number of primary amides is 1. The van der Waals surface area contributed by atoms with Crippen molar-refractivity contribution in [1.82, 2.24) is 15.5 Å². The summed E-state index contributed by atoms with van der Waals surface area (Å²) in [5.41, 5.74) is 5.10. The van der Waals surface area contributed by atoms with Crippen molar-refractivity contribution in [3.05, 3.63) is 0 Å². The molecule has 0 saturated carbocycles. The third kappa shape index (κ3) is 5.53. The molecular weight excluding hydrogens is 268 g/mol. The zero-order chi connectivity index (χ0) is 15.1. The monoisotopic (exact) mass is 296 g/mol. The van der Waals surface area contributed by atoms with Crippen molar-refractivity contribution in [1.29, 1.82) is 0 Å². The summed E-state index contributed by atoms with van der Waals surface area (Å²) in [6.45, 7) is 3.26. The van der Waals surface area contributed by atoms with Gasteiger partial charge in [-0.15, -0.1) is 0 Å². The summed E-state index contributed by atoms with van der Waals surface area (Å²) < 4.78 is 0. The quantitative estimate of drug-likeness (QED) is 0.702. The number of carbonyl (C=O) groups is 2. The van der Waals surface area contributed by atoms with E-state index in [-0.39, 0.29) is 5.91 Å². The zero-order valence-corrected chi connectivity index (χ0v) is 12.8.